The van der Waals surface area contributed by atoms with Gasteiger partial charge in [0.05, 0.1) is 11.9 Å². The highest BCUT2D eigenvalue weighted by atomic mass is 32.1. The lowest BCUT2D eigenvalue weighted by atomic mass is 10.0. The SMILES string of the molecule is C#Cc1cccc(Nc2ncnc3sc4c(c23)CCN(C(=O)C=CCN2CCCC2)C4)c1. The number of benzene rings is 1. The van der Waals surface area contributed by atoms with Crippen LogP contribution >= 0.6 is 11.3 Å². The lowest BCUT2D eigenvalue weighted by Gasteiger charge is -2.26. The molecule has 162 valence electrons. The van der Waals surface area contributed by atoms with E-state index < -0.39 is 0 Å². The molecule has 0 unspecified atom stereocenters. The van der Waals surface area contributed by atoms with Crippen molar-refractivity contribution in [1.29, 1.82) is 0 Å². The molecule has 1 N–H and O–H groups in total. The van der Waals surface area contributed by atoms with E-state index in [9.17, 15) is 4.79 Å². The Kier molecular flexibility index (Phi) is 5.89. The van der Waals surface area contributed by atoms with Gasteiger partial charge in [-0.25, -0.2) is 9.97 Å². The summed E-state index contributed by atoms with van der Waals surface area (Å²) in [5, 5.41) is 4.46. The normalized spacial score (nSPS) is 16.4. The van der Waals surface area contributed by atoms with Gasteiger partial charge in [-0.05, 0) is 56.1 Å². The van der Waals surface area contributed by atoms with Gasteiger partial charge >= 0.3 is 0 Å². The molecule has 3 aromatic rings. The second kappa shape index (κ2) is 9.11. The third-order valence-electron chi connectivity index (χ3n) is 6.06. The maximum Gasteiger partial charge on any atom is 0.246 e. The largest absolute Gasteiger partial charge is 0.340 e. The number of nitrogens with one attached hydrogen (secondary N) is 1. The number of hydrogen-bond donors (Lipinski definition) is 1. The smallest absolute Gasteiger partial charge is 0.246 e. The highest BCUT2D eigenvalue weighted by molar-refractivity contribution is 7.19. The number of thiophene rings is 1. The lowest BCUT2D eigenvalue weighted by molar-refractivity contribution is -0.126. The summed E-state index contributed by atoms with van der Waals surface area (Å²) in [4.78, 5) is 28.2. The van der Waals surface area contributed by atoms with Crippen molar-refractivity contribution in [3.8, 4) is 12.3 Å². The van der Waals surface area contributed by atoms with Gasteiger partial charge in [0.25, 0.3) is 0 Å². The molecule has 32 heavy (non-hydrogen) atoms. The Labute approximate surface area is 192 Å². The van der Waals surface area contributed by atoms with Gasteiger partial charge in [0, 0.05) is 35.3 Å². The summed E-state index contributed by atoms with van der Waals surface area (Å²) in [6, 6.07) is 7.74. The maximum atomic E-state index is 12.7. The minimum absolute atomic E-state index is 0.0860. The summed E-state index contributed by atoms with van der Waals surface area (Å²) in [7, 11) is 0. The molecular weight excluding hydrogens is 418 g/mol. The molecule has 7 heteroatoms. The van der Waals surface area contributed by atoms with Crippen LogP contribution in [0.3, 0.4) is 0 Å². The molecule has 6 nitrogen and oxygen atoms in total. The molecule has 1 aromatic carbocycles. The van der Waals surface area contributed by atoms with Crippen LogP contribution in [0.5, 0.6) is 0 Å². The molecule has 0 saturated carbocycles. The molecule has 0 bridgehead atoms. The van der Waals surface area contributed by atoms with Crippen molar-refractivity contribution in [2.24, 2.45) is 0 Å². The Morgan fingerprint density at radius 2 is 2.12 bits per heavy atom. The van der Waals surface area contributed by atoms with E-state index in [1.807, 2.05) is 35.2 Å². The van der Waals surface area contributed by atoms with E-state index in [0.29, 0.717) is 13.1 Å². The monoisotopic (exact) mass is 443 g/mol. The van der Waals surface area contributed by atoms with Crippen LogP contribution in [0.1, 0.15) is 28.8 Å². The first-order valence-electron chi connectivity index (χ1n) is 11.0. The summed E-state index contributed by atoms with van der Waals surface area (Å²) in [5.41, 5.74) is 2.96. The second-order valence-electron chi connectivity index (χ2n) is 8.18. The minimum Gasteiger partial charge on any atom is -0.340 e. The number of anilines is 2. The predicted octanol–water partition coefficient (Wildman–Crippen LogP) is 3.95. The summed E-state index contributed by atoms with van der Waals surface area (Å²) in [5.74, 6) is 3.53. The van der Waals surface area contributed by atoms with Gasteiger partial charge in [-0.3, -0.25) is 9.69 Å². The van der Waals surface area contributed by atoms with Crippen LogP contribution in [0, 0.1) is 12.3 Å². The molecule has 1 amide bonds. The van der Waals surface area contributed by atoms with E-state index in [0.717, 1.165) is 53.3 Å². The van der Waals surface area contributed by atoms with Crippen LogP contribution < -0.4 is 5.32 Å². The summed E-state index contributed by atoms with van der Waals surface area (Å²) in [6.45, 7) is 4.46. The highest BCUT2D eigenvalue weighted by Gasteiger charge is 2.25. The molecule has 4 heterocycles. The van der Waals surface area contributed by atoms with E-state index in [4.69, 9.17) is 6.42 Å². The van der Waals surface area contributed by atoms with Gasteiger partial charge in [0.1, 0.15) is 17.0 Å². The molecule has 1 fully saturated rings. The van der Waals surface area contributed by atoms with Crippen LogP contribution in [-0.4, -0.2) is 51.9 Å². The first-order valence-corrected chi connectivity index (χ1v) is 11.8. The number of nitrogens with zero attached hydrogens (tertiary/aromatic N) is 4. The number of carbonyl (C=O) groups is 1. The molecular formula is C25H25N5OS. The molecule has 0 aliphatic carbocycles. The Balaban J connectivity index is 1.34. The minimum atomic E-state index is 0.0860. The van der Waals surface area contributed by atoms with Gasteiger partial charge in [-0.15, -0.1) is 17.8 Å². The van der Waals surface area contributed by atoms with Crippen LogP contribution in [0.25, 0.3) is 10.2 Å². The number of carbonyl (C=O) groups excluding carboxylic acids is 1. The van der Waals surface area contributed by atoms with Crippen LogP contribution in [0.4, 0.5) is 11.5 Å². The fourth-order valence-electron chi connectivity index (χ4n) is 4.41. The molecule has 2 aliphatic heterocycles. The summed E-state index contributed by atoms with van der Waals surface area (Å²) in [6.07, 6.45) is 14.2. The molecule has 0 spiro atoms. The lowest BCUT2D eigenvalue weighted by Crippen LogP contribution is -2.34. The Bertz CT molecular complexity index is 1220. The number of amides is 1. The van der Waals surface area contributed by atoms with Crippen molar-refractivity contribution in [3.63, 3.8) is 0 Å². The predicted molar refractivity (Wildman–Crippen MR) is 129 cm³/mol. The molecule has 2 aromatic heterocycles. The fraction of sp³-hybridized carbons (Fsp3) is 0.320. The van der Waals surface area contributed by atoms with Gasteiger partial charge in [-0.2, -0.15) is 0 Å². The zero-order valence-corrected chi connectivity index (χ0v) is 18.7. The zero-order chi connectivity index (χ0) is 21.9. The van der Waals surface area contributed by atoms with Crippen molar-refractivity contribution in [2.75, 3.05) is 31.5 Å². The van der Waals surface area contributed by atoms with Crippen molar-refractivity contribution in [1.82, 2.24) is 19.8 Å². The average Bonchev–Trinajstić information content (AvgIpc) is 3.46. The fourth-order valence-corrected chi connectivity index (χ4v) is 5.61. The topological polar surface area (TPSA) is 61.4 Å². The quantitative estimate of drug-likeness (QED) is 0.478. The first-order chi connectivity index (χ1) is 15.7. The first kappa shape index (κ1) is 20.7. The Hall–Kier alpha value is -3.21. The van der Waals surface area contributed by atoms with Gasteiger partial charge < -0.3 is 10.2 Å². The zero-order valence-electron chi connectivity index (χ0n) is 17.9. The number of terminal acetylenes is 1. The van der Waals surface area contributed by atoms with E-state index in [2.05, 4.69) is 26.1 Å². The molecule has 2 aliphatic rings. The number of likely N-dealkylation sites (tertiary alicyclic amines) is 1. The summed E-state index contributed by atoms with van der Waals surface area (Å²) < 4.78 is 0. The number of aromatic nitrogens is 2. The van der Waals surface area contributed by atoms with E-state index >= 15 is 0 Å². The van der Waals surface area contributed by atoms with E-state index in [1.54, 1.807) is 23.7 Å². The Morgan fingerprint density at radius 3 is 2.97 bits per heavy atom. The third kappa shape index (κ3) is 4.24. The van der Waals surface area contributed by atoms with Gasteiger partial charge in [0.15, 0.2) is 0 Å². The second-order valence-corrected chi connectivity index (χ2v) is 9.26. The van der Waals surface area contributed by atoms with Crippen molar-refractivity contribution < 1.29 is 4.79 Å². The van der Waals surface area contributed by atoms with Crippen molar-refractivity contribution >= 4 is 39.0 Å². The van der Waals surface area contributed by atoms with Crippen LogP contribution in [0.15, 0.2) is 42.7 Å². The molecule has 0 radical (unpaired) electrons. The highest BCUT2D eigenvalue weighted by Crippen LogP contribution is 2.38. The third-order valence-corrected chi connectivity index (χ3v) is 7.19. The average molecular weight is 444 g/mol. The van der Waals surface area contributed by atoms with Gasteiger partial charge in [0.2, 0.25) is 5.91 Å². The molecule has 1 saturated heterocycles. The van der Waals surface area contributed by atoms with E-state index in [1.165, 1.54) is 23.3 Å². The maximum absolute atomic E-state index is 12.7. The Morgan fingerprint density at radius 1 is 1.25 bits per heavy atom. The standard InChI is InChI=1S/C25H25N5OS/c1-2-18-7-5-8-19(15-18)28-24-23-20-10-14-30(16-21(20)32-25(23)27-17-26-24)22(31)9-6-13-29-11-3-4-12-29/h1,5-9,15,17H,3-4,10-14,16H2,(H,26,27,28). The number of fused-ring (bicyclic) bond motifs is 3. The van der Waals surface area contributed by atoms with Crippen LogP contribution in [-0.2, 0) is 17.8 Å². The number of hydrogen-bond acceptors (Lipinski definition) is 6. The van der Waals surface area contributed by atoms with Crippen molar-refractivity contribution in [2.45, 2.75) is 25.8 Å². The molecule has 0 atom stereocenters. The van der Waals surface area contributed by atoms with Crippen LogP contribution in [0.2, 0.25) is 0 Å². The van der Waals surface area contributed by atoms with E-state index in [-0.39, 0.29) is 5.91 Å². The van der Waals surface area contributed by atoms with Crippen molar-refractivity contribution in [3.05, 3.63) is 58.7 Å². The van der Waals surface area contributed by atoms with Gasteiger partial charge in [-0.1, -0.05) is 18.1 Å². The number of rotatable bonds is 5. The summed E-state index contributed by atoms with van der Waals surface area (Å²) >= 11 is 1.65. The molecule has 5 rings (SSSR count).